The van der Waals surface area contributed by atoms with Crippen molar-refractivity contribution in [2.45, 2.75) is 95.6 Å². The van der Waals surface area contributed by atoms with Crippen molar-refractivity contribution in [1.82, 2.24) is 10.6 Å². The maximum absolute atomic E-state index is 12.8. The lowest BCUT2D eigenvalue weighted by Gasteiger charge is -2.40. The van der Waals surface area contributed by atoms with Crippen molar-refractivity contribution in [3.8, 4) is 0 Å². The first-order valence-electron chi connectivity index (χ1n) is 11.7. The Labute approximate surface area is 179 Å². The van der Waals surface area contributed by atoms with Crippen LogP contribution < -0.4 is 22.1 Å². The number of aliphatic carboxylic acids is 1. The van der Waals surface area contributed by atoms with Crippen LogP contribution in [0, 0.1) is 17.8 Å². The van der Waals surface area contributed by atoms with Crippen LogP contribution in [0.5, 0.6) is 0 Å². The van der Waals surface area contributed by atoms with Gasteiger partial charge in [0, 0.05) is 6.04 Å². The molecule has 2 saturated carbocycles. The number of nitrogens with two attached hydrogens (primary N) is 2. The summed E-state index contributed by atoms with van der Waals surface area (Å²) < 4.78 is 0. The van der Waals surface area contributed by atoms with E-state index in [1.54, 1.807) is 0 Å². The molecular weight excluding hydrogens is 384 g/mol. The van der Waals surface area contributed by atoms with Crippen LogP contribution in [-0.4, -0.2) is 41.6 Å². The van der Waals surface area contributed by atoms with Gasteiger partial charge in [-0.2, -0.15) is 0 Å². The summed E-state index contributed by atoms with van der Waals surface area (Å²) in [6, 6.07) is -1.83. The summed E-state index contributed by atoms with van der Waals surface area (Å²) in [4.78, 5) is 36.9. The molecule has 3 atom stereocenters. The zero-order chi connectivity index (χ0) is 21.9. The fraction of sp³-hybridized carbons (Fsp3) is 0.864. The van der Waals surface area contributed by atoms with Crippen LogP contribution in [0.2, 0.25) is 0 Å². The van der Waals surface area contributed by atoms with E-state index >= 15 is 0 Å². The van der Waals surface area contributed by atoms with Gasteiger partial charge in [-0.05, 0) is 63.3 Å². The number of carbonyl (C=O) groups excluding carboxylic acids is 2. The number of nitrogens with one attached hydrogen (secondary N) is 2. The molecule has 2 rings (SSSR count). The first-order chi connectivity index (χ1) is 14.4. The Kier molecular flexibility index (Phi) is 10.4. The van der Waals surface area contributed by atoms with Gasteiger partial charge in [-0.1, -0.05) is 38.5 Å². The molecule has 0 spiro atoms. The minimum absolute atomic E-state index is 0.184. The fourth-order valence-corrected chi connectivity index (χ4v) is 5.29. The molecule has 0 saturated heterocycles. The highest BCUT2D eigenvalue weighted by Crippen LogP contribution is 2.37. The van der Waals surface area contributed by atoms with Crippen LogP contribution in [0.4, 0.5) is 4.79 Å². The first kappa shape index (κ1) is 24.4. The maximum Gasteiger partial charge on any atom is 0.326 e. The van der Waals surface area contributed by atoms with Crippen molar-refractivity contribution >= 4 is 17.9 Å². The monoisotopic (exact) mass is 424 g/mol. The summed E-state index contributed by atoms with van der Waals surface area (Å²) in [5, 5.41) is 15.1. The predicted molar refractivity (Wildman–Crippen MR) is 116 cm³/mol. The lowest BCUT2D eigenvalue weighted by molar-refractivity contribution is -0.139. The summed E-state index contributed by atoms with van der Waals surface area (Å²) >= 11 is 0. The maximum atomic E-state index is 12.8. The number of carbonyl (C=O) groups is 3. The number of rotatable bonds is 11. The average molecular weight is 425 g/mol. The molecule has 7 N–H and O–H groups in total. The van der Waals surface area contributed by atoms with Gasteiger partial charge in [0.2, 0.25) is 5.91 Å². The second-order valence-corrected chi connectivity index (χ2v) is 9.04. The molecule has 30 heavy (non-hydrogen) atoms. The quantitative estimate of drug-likeness (QED) is 0.323. The average Bonchev–Trinajstić information content (AvgIpc) is 2.73. The Hall–Kier alpha value is -1.83. The topological polar surface area (TPSA) is 148 Å². The third-order valence-electron chi connectivity index (χ3n) is 6.88. The summed E-state index contributed by atoms with van der Waals surface area (Å²) in [5.41, 5.74) is 11.3. The minimum atomic E-state index is -1.06. The van der Waals surface area contributed by atoms with Crippen molar-refractivity contribution in [2.24, 2.45) is 29.2 Å². The van der Waals surface area contributed by atoms with E-state index in [4.69, 9.17) is 11.5 Å². The molecule has 8 heteroatoms. The van der Waals surface area contributed by atoms with Crippen LogP contribution in [0.25, 0.3) is 0 Å². The number of amides is 3. The second-order valence-electron chi connectivity index (χ2n) is 9.04. The summed E-state index contributed by atoms with van der Waals surface area (Å²) in [7, 11) is 0. The highest BCUT2D eigenvalue weighted by molar-refractivity contribution is 5.84. The number of carboxylic acid groups (broad SMARTS) is 1. The number of unbranched alkanes of at least 4 members (excludes halogenated alkanes) is 1. The minimum Gasteiger partial charge on any atom is -0.480 e. The molecule has 2 unspecified atom stereocenters. The molecule has 2 aliphatic carbocycles. The van der Waals surface area contributed by atoms with Gasteiger partial charge >= 0.3 is 12.0 Å². The third-order valence-corrected chi connectivity index (χ3v) is 6.88. The van der Waals surface area contributed by atoms with Crippen LogP contribution >= 0.6 is 0 Å². The Morgan fingerprint density at radius 3 is 1.93 bits per heavy atom. The van der Waals surface area contributed by atoms with Crippen molar-refractivity contribution < 1.29 is 19.5 Å². The molecule has 0 radical (unpaired) electrons. The molecule has 3 amide bonds. The molecule has 172 valence electrons. The van der Waals surface area contributed by atoms with Gasteiger partial charge in [-0.3, -0.25) is 4.79 Å². The van der Waals surface area contributed by atoms with E-state index in [2.05, 4.69) is 10.6 Å². The highest BCUT2D eigenvalue weighted by atomic mass is 16.4. The van der Waals surface area contributed by atoms with E-state index in [1.807, 2.05) is 0 Å². The number of urea groups is 1. The number of hydrogen-bond acceptors (Lipinski definition) is 4. The van der Waals surface area contributed by atoms with Crippen LogP contribution in [0.1, 0.15) is 83.5 Å². The fourth-order valence-electron chi connectivity index (χ4n) is 5.29. The molecule has 0 aromatic rings. The largest absolute Gasteiger partial charge is 0.480 e. The van der Waals surface area contributed by atoms with Gasteiger partial charge in [0.15, 0.2) is 0 Å². The van der Waals surface area contributed by atoms with Crippen molar-refractivity contribution in [2.75, 3.05) is 6.54 Å². The van der Waals surface area contributed by atoms with Crippen LogP contribution in [0.3, 0.4) is 0 Å². The molecule has 8 nitrogen and oxygen atoms in total. The Balaban J connectivity index is 2.11. The lowest BCUT2D eigenvalue weighted by atomic mass is 9.70. The van der Waals surface area contributed by atoms with Crippen molar-refractivity contribution in [1.29, 1.82) is 0 Å². The molecule has 0 heterocycles. The predicted octanol–water partition coefficient (Wildman–Crippen LogP) is 2.50. The smallest absolute Gasteiger partial charge is 0.326 e. The Morgan fingerprint density at radius 1 is 0.867 bits per heavy atom. The molecular formula is C22H40N4O4. The highest BCUT2D eigenvalue weighted by Gasteiger charge is 2.40. The summed E-state index contributed by atoms with van der Waals surface area (Å²) in [5.74, 6) is -1.43. The van der Waals surface area contributed by atoms with Gasteiger partial charge in [-0.15, -0.1) is 0 Å². The molecule has 2 fully saturated rings. The van der Waals surface area contributed by atoms with Gasteiger partial charge in [0.1, 0.15) is 6.04 Å². The summed E-state index contributed by atoms with van der Waals surface area (Å²) in [6.45, 7) is 0.490. The van der Waals surface area contributed by atoms with E-state index < -0.39 is 24.0 Å². The van der Waals surface area contributed by atoms with Crippen molar-refractivity contribution in [3.63, 3.8) is 0 Å². The van der Waals surface area contributed by atoms with Crippen LogP contribution in [-0.2, 0) is 9.59 Å². The molecule has 2 aliphatic rings. The first-order valence-corrected chi connectivity index (χ1v) is 11.7. The molecule has 0 aliphatic heterocycles. The van der Waals surface area contributed by atoms with E-state index in [1.165, 1.54) is 12.8 Å². The zero-order valence-corrected chi connectivity index (χ0v) is 18.1. The Morgan fingerprint density at radius 2 is 1.43 bits per heavy atom. The SMILES string of the molecule is NCCCCC(NC(=O)N[C@H](C1CCCCC1)C(C(N)=O)C1CCCCC1)C(=O)O. The van der Waals surface area contributed by atoms with E-state index in [0.29, 0.717) is 25.8 Å². The molecule has 0 aromatic heterocycles. The van der Waals surface area contributed by atoms with Gasteiger partial charge in [-0.25, -0.2) is 9.59 Å². The van der Waals surface area contributed by atoms with Gasteiger partial charge < -0.3 is 27.2 Å². The van der Waals surface area contributed by atoms with E-state index in [-0.39, 0.29) is 23.8 Å². The second kappa shape index (κ2) is 12.8. The number of hydrogen-bond donors (Lipinski definition) is 5. The van der Waals surface area contributed by atoms with Gasteiger partial charge in [0.25, 0.3) is 0 Å². The lowest BCUT2D eigenvalue weighted by Crippen LogP contribution is -2.57. The van der Waals surface area contributed by atoms with E-state index in [9.17, 15) is 19.5 Å². The zero-order valence-electron chi connectivity index (χ0n) is 18.1. The Bertz CT molecular complexity index is 559. The van der Waals surface area contributed by atoms with E-state index in [0.717, 1.165) is 51.4 Å². The number of primary amides is 1. The van der Waals surface area contributed by atoms with Gasteiger partial charge in [0.05, 0.1) is 5.92 Å². The normalized spacial score (nSPS) is 21.4. The summed E-state index contributed by atoms with van der Waals surface area (Å²) in [6.07, 6.45) is 12.2. The molecule has 0 aromatic carbocycles. The third kappa shape index (κ3) is 7.45. The molecule has 0 bridgehead atoms. The number of carboxylic acids is 1. The standard InChI is InChI=1S/C22H40N4O4/c23-14-8-7-13-17(21(28)29)25-22(30)26-19(16-11-5-2-6-12-16)18(20(24)27)15-9-3-1-4-10-15/h15-19H,1-14,23H2,(H2,24,27)(H,28,29)(H2,25,26,30)/t17?,18?,19-/m1/s1. The van der Waals surface area contributed by atoms with Crippen LogP contribution in [0.15, 0.2) is 0 Å². The van der Waals surface area contributed by atoms with Crippen molar-refractivity contribution in [3.05, 3.63) is 0 Å².